The van der Waals surface area contributed by atoms with Crippen molar-refractivity contribution < 1.29 is 4.79 Å². The number of amides is 1. The highest BCUT2D eigenvalue weighted by Crippen LogP contribution is 2.25. The number of nitrogens with one attached hydrogen (secondary N) is 1. The first-order valence-corrected chi connectivity index (χ1v) is 9.37. The van der Waals surface area contributed by atoms with Gasteiger partial charge in [-0.3, -0.25) is 9.36 Å². The van der Waals surface area contributed by atoms with Crippen LogP contribution in [0.5, 0.6) is 0 Å². The summed E-state index contributed by atoms with van der Waals surface area (Å²) < 4.78 is 3.99. The van der Waals surface area contributed by atoms with Crippen LogP contribution in [0.1, 0.15) is 22.5 Å². The zero-order chi connectivity index (χ0) is 20.5. The van der Waals surface area contributed by atoms with Gasteiger partial charge in [0, 0.05) is 24.1 Å². The average molecular weight is 383 g/mol. The van der Waals surface area contributed by atoms with Crippen LogP contribution in [0.4, 0.5) is 5.69 Å². The number of anilines is 1. The molecule has 144 valence electrons. The first-order valence-electron chi connectivity index (χ1n) is 9.37. The number of nitrogens with zero attached hydrogens (tertiary/aromatic N) is 4. The standard InChI is InChI=1S/C23H21N5O/c1-15-9-10-16(2)28(15)23-26-20-12-17(11-18(14-24)22(20)27(23)3)13-21(29)25-19-7-5-4-6-8-19/h4-12H,13H2,1-3H3,(H,25,29). The molecule has 0 aliphatic heterocycles. The Labute approximate surface area is 169 Å². The fraction of sp³-hybridized carbons (Fsp3) is 0.174. The number of hydrogen-bond acceptors (Lipinski definition) is 3. The molecule has 0 unspecified atom stereocenters. The van der Waals surface area contributed by atoms with Gasteiger partial charge in [0.25, 0.3) is 0 Å². The summed E-state index contributed by atoms with van der Waals surface area (Å²) in [5, 5.41) is 12.6. The average Bonchev–Trinajstić information content (AvgIpc) is 3.20. The number of benzene rings is 2. The molecule has 6 heteroatoms. The molecule has 0 saturated carbocycles. The molecule has 1 N–H and O–H groups in total. The molecule has 0 atom stereocenters. The maximum atomic E-state index is 12.4. The minimum atomic E-state index is -0.132. The Kier molecular flexibility index (Phi) is 4.65. The van der Waals surface area contributed by atoms with Crippen molar-refractivity contribution in [3.05, 3.63) is 77.1 Å². The van der Waals surface area contributed by atoms with Gasteiger partial charge in [-0.25, -0.2) is 4.98 Å². The fourth-order valence-corrected chi connectivity index (χ4v) is 3.68. The van der Waals surface area contributed by atoms with Gasteiger partial charge in [0.05, 0.1) is 23.0 Å². The highest BCUT2D eigenvalue weighted by Gasteiger charge is 2.17. The predicted molar refractivity (Wildman–Crippen MR) is 113 cm³/mol. The van der Waals surface area contributed by atoms with Gasteiger partial charge in [-0.2, -0.15) is 5.26 Å². The Hall–Kier alpha value is -3.85. The predicted octanol–water partition coefficient (Wildman–Crippen LogP) is 4.03. The lowest BCUT2D eigenvalue weighted by Gasteiger charge is -2.09. The number of carbonyl (C=O) groups is 1. The summed E-state index contributed by atoms with van der Waals surface area (Å²) in [4.78, 5) is 17.2. The smallest absolute Gasteiger partial charge is 0.228 e. The number of hydrogen-bond donors (Lipinski definition) is 1. The summed E-state index contributed by atoms with van der Waals surface area (Å²) in [6.07, 6.45) is 0.174. The van der Waals surface area contributed by atoms with Crippen molar-refractivity contribution in [2.75, 3.05) is 5.32 Å². The van der Waals surface area contributed by atoms with E-state index in [1.165, 1.54) is 0 Å². The molecule has 0 spiro atoms. The number of rotatable bonds is 4. The number of aryl methyl sites for hydroxylation is 3. The molecular formula is C23H21N5O. The fourth-order valence-electron chi connectivity index (χ4n) is 3.68. The summed E-state index contributed by atoms with van der Waals surface area (Å²) in [7, 11) is 1.91. The minimum absolute atomic E-state index is 0.132. The summed E-state index contributed by atoms with van der Waals surface area (Å²) in [6.45, 7) is 4.05. The van der Waals surface area contributed by atoms with Gasteiger partial charge < -0.3 is 9.88 Å². The van der Waals surface area contributed by atoms with Crippen molar-refractivity contribution in [2.24, 2.45) is 7.05 Å². The van der Waals surface area contributed by atoms with Gasteiger partial charge in [0.1, 0.15) is 6.07 Å². The van der Waals surface area contributed by atoms with Crippen molar-refractivity contribution in [3.8, 4) is 12.0 Å². The first kappa shape index (κ1) is 18.5. The second kappa shape index (κ2) is 7.28. The Morgan fingerprint density at radius 1 is 1.10 bits per heavy atom. The van der Waals surface area contributed by atoms with Gasteiger partial charge in [0.2, 0.25) is 11.9 Å². The molecule has 0 aliphatic rings. The van der Waals surface area contributed by atoms with E-state index >= 15 is 0 Å². The second-order valence-corrected chi connectivity index (χ2v) is 7.14. The second-order valence-electron chi connectivity index (χ2n) is 7.14. The number of imidazole rings is 1. The van der Waals surface area contributed by atoms with Crippen LogP contribution in [0.3, 0.4) is 0 Å². The van der Waals surface area contributed by atoms with E-state index < -0.39 is 0 Å². The van der Waals surface area contributed by atoms with Crippen molar-refractivity contribution in [1.29, 1.82) is 5.26 Å². The Balaban J connectivity index is 1.73. The number of fused-ring (bicyclic) bond motifs is 1. The lowest BCUT2D eigenvalue weighted by molar-refractivity contribution is -0.115. The Morgan fingerprint density at radius 2 is 1.79 bits per heavy atom. The van der Waals surface area contributed by atoms with Crippen LogP contribution >= 0.6 is 0 Å². The SMILES string of the molecule is Cc1ccc(C)n1-c1nc2cc(CC(=O)Nc3ccccc3)cc(C#N)c2n1C. The van der Waals surface area contributed by atoms with Crippen molar-refractivity contribution in [3.63, 3.8) is 0 Å². The number of nitriles is 1. The monoisotopic (exact) mass is 383 g/mol. The lowest BCUT2D eigenvalue weighted by atomic mass is 10.1. The van der Waals surface area contributed by atoms with Crippen LogP contribution in [0, 0.1) is 25.2 Å². The molecule has 29 heavy (non-hydrogen) atoms. The van der Waals surface area contributed by atoms with Gasteiger partial charge in [-0.15, -0.1) is 0 Å². The molecule has 4 rings (SSSR count). The topological polar surface area (TPSA) is 75.6 Å². The van der Waals surface area contributed by atoms with Crippen molar-refractivity contribution in [2.45, 2.75) is 20.3 Å². The first-order chi connectivity index (χ1) is 14.0. The number of aromatic nitrogens is 3. The van der Waals surface area contributed by atoms with E-state index in [0.717, 1.165) is 34.1 Å². The molecule has 6 nitrogen and oxygen atoms in total. The van der Waals surface area contributed by atoms with E-state index in [4.69, 9.17) is 4.98 Å². The lowest BCUT2D eigenvalue weighted by Crippen LogP contribution is -2.14. The van der Waals surface area contributed by atoms with E-state index in [0.29, 0.717) is 11.1 Å². The molecule has 1 amide bonds. The van der Waals surface area contributed by atoms with Gasteiger partial charge in [-0.05, 0) is 55.8 Å². The van der Waals surface area contributed by atoms with E-state index in [9.17, 15) is 10.1 Å². The normalized spacial score (nSPS) is 10.8. The summed E-state index contributed by atoms with van der Waals surface area (Å²) in [6, 6.07) is 19.3. The van der Waals surface area contributed by atoms with Crippen LogP contribution in [0.2, 0.25) is 0 Å². The Morgan fingerprint density at radius 3 is 2.45 bits per heavy atom. The quantitative estimate of drug-likeness (QED) is 0.578. The molecule has 4 aromatic rings. The van der Waals surface area contributed by atoms with Gasteiger partial charge in [-0.1, -0.05) is 18.2 Å². The highest BCUT2D eigenvalue weighted by atomic mass is 16.1. The molecule has 0 bridgehead atoms. The van der Waals surface area contributed by atoms with Crippen molar-refractivity contribution in [1.82, 2.24) is 14.1 Å². The molecular weight excluding hydrogens is 362 g/mol. The van der Waals surface area contributed by atoms with Gasteiger partial charge >= 0.3 is 0 Å². The van der Waals surface area contributed by atoms with E-state index in [2.05, 4.69) is 16.0 Å². The van der Waals surface area contributed by atoms with Crippen LogP contribution in [-0.4, -0.2) is 20.0 Å². The molecule has 0 aliphatic carbocycles. The third-order valence-corrected chi connectivity index (χ3v) is 5.02. The zero-order valence-electron chi connectivity index (χ0n) is 16.6. The number of para-hydroxylation sites is 1. The molecule has 0 saturated heterocycles. The van der Waals surface area contributed by atoms with Crippen LogP contribution in [0.25, 0.3) is 17.0 Å². The maximum Gasteiger partial charge on any atom is 0.228 e. The summed E-state index contributed by atoms with van der Waals surface area (Å²) in [5.74, 6) is 0.620. The van der Waals surface area contributed by atoms with Gasteiger partial charge in [0.15, 0.2) is 0 Å². The van der Waals surface area contributed by atoms with E-state index in [1.807, 2.05) is 74.0 Å². The zero-order valence-corrected chi connectivity index (χ0v) is 16.6. The molecule has 2 aromatic heterocycles. The maximum absolute atomic E-state index is 12.4. The van der Waals surface area contributed by atoms with Crippen LogP contribution in [-0.2, 0) is 18.3 Å². The van der Waals surface area contributed by atoms with Crippen LogP contribution < -0.4 is 5.32 Å². The third kappa shape index (κ3) is 3.39. The molecule has 0 fully saturated rings. The third-order valence-electron chi connectivity index (χ3n) is 5.02. The Bertz CT molecular complexity index is 1240. The molecule has 2 aromatic carbocycles. The molecule has 2 heterocycles. The molecule has 0 radical (unpaired) electrons. The van der Waals surface area contributed by atoms with E-state index in [-0.39, 0.29) is 12.3 Å². The van der Waals surface area contributed by atoms with Crippen LogP contribution in [0.15, 0.2) is 54.6 Å². The summed E-state index contributed by atoms with van der Waals surface area (Å²) >= 11 is 0. The summed E-state index contributed by atoms with van der Waals surface area (Å²) in [5.41, 5.74) is 5.63. The highest BCUT2D eigenvalue weighted by molar-refractivity contribution is 5.93. The number of carbonyl (C=O) groups excluding carboxylic acids is 1. The largest absolute Gasteiger partial charge is 0.326 e. The van der Waals surface area contributed by atoms with Crippen molar-refractivity contribution >= 4 is 22.6 Å². The van der Waals surface area contributed by atoms with E-state index in [1.54, 1.807) is 6.07 Å². The minimum Gasteiger partial charge on any atom is -0.326 e.